The number of nitrogens with zero attached hydrogens (tertiary/aromatic N) is 1. The van der Waals surface area contributed by atoms with Gasteiger partial charge in [-0.05, 0) is 34.8 Å². The Labute approximate surface area is 119 Å². The molecule has 0 aliphatic heterocycles. The number of nitrogens with two attached hydrogens (primary N) is 1. The van der Waals surface area contributed by atoms with Gasteiger partial charge in [-0.2, -0.15) is 0 Å². The van der Waals surface area contributed by atoms with E-state index >= 15 is 0 Å². The molecule has 0 unspecified atom stereocenters. The van der Waals surface area contributed by atoms with Crippen LogP contribution >= 0.6 is 15.9 Å². The smallest absolute Gasteiger partial charge is 0.255 e. The Kier molecular flexibility index (Phi) is 4.36. The maximum Gasteiger partial charge on any atom is 0.255 e. The summed E-state index contributed by atoms with van der Waals surface area (Å²) in [4.78, 5) is 27.1. The molecule has 4 N–H and O–H groups in total. The number of nitrogen functional groups attached to an aromatic ring is 1. The van der Waals surface area contributed by atoms with E-state index in [1.54, 1.807) is 6.07 Å². The highest BCUT2D eigenvalue weighted by Crippen LogP contribution is 2.28. The minimum atomic E-state index is -0.299. The second kappa shape index (κ2) is 6.01. The van der Waals surface area contributed by atoms with Gasteiger partial charge in [-0.15, -0.1) is 0 Å². The molecular weight excluding hydrogens is 312 g/mol. The van der Waals surface area contributed by atoms with Gasteiger partial charge in [0.25, 0.3) is 5.91 Å². The summed E-state index contributed by atoms with van der Waals surface area (Å²) in [7, 11) is 0. The number of hydrogen-bond donors (Lipinski definition) is 3. The average molecular weight is 327 g/mol. The number of anilines is 1. The lowest BCUT2D eigenvalue weighted by molar-refractivity contribution is -0.122. The van der Waals surface area contributed by atoms with E-state index in [4.69, 9.17) is 5.73 Å². The first-order valence-corrected chi connectivity index (χ1v) is 6.84. The van der Waals surface area contributed by atoms with Crippen LogP contribution in [0, 0.1) is 5.92 Å². The van der Waals surface area contributed by atoms with Crippen LogP contribution in [0.5, 0.6) is 0 Å². The molecule has 102 valence electrons. The Morgan fingerprint density at radius 2 is 2.05 bits per heavy atom. The first kappa shape index (κ1) is 13.8. The number of pyridine rings is 1. The molecule has 1 aliphatic rings. The number of carbonyl (C=O) groups is 2. The highest BCUT2D eigenvalue weighted by atomic mass is 79.9. The lowest BCUT2D eigenvalue weighted by Gasteiger charge is -2.08. The summed E-state index contributed by atoms with van der Waals surface area (Å²) in [6.45, 7) is 0.783. The zero-order valence-corrected chi connectivity index (χ0v) is 11.9. The molecule has 1 heterocycles. The maximum absolute atomic E-state index is 11.8. The van der Waals surface area contributed by atoms with Crippen molar-refractivity contribution in [2.75, 3.05) is 18.8 Å². The molecule has 1 fully saturated rings. The molecule has 1 aromatic heterocycles. The van der Waals surface area contributed by atoms with Gasteiger partial charge in [0.1, 0.15) is 5.82 Å². The molecule has 1 saturated carbocycles. The quantitative estimate of drug-likeness (QED) is 0.693. The first-order valence-electron chi connectivity index (χ1n) is 6.05. The molecule has 0 saturated heterocycles. The summed E-state index contributed by atoms with van der Waals surface area (Å²) in [5.41, 5.74) is 5.95. The topological polar surface area (TPSA) is 97.1 Å². The molecule has 0 atom stereocenters. The number of nitrogens with one attached hydrogen (secondary N) is 2. The Hall–Kier alpha value is -1.63. The monoisotopic (exact) mass is 326 g/mol. The lowest BCUT2D eigenvalue weighted by atomic mass is 10.2. The molecule has 7 heteroatoms. The summed E-state index contributed by atoms with van der Waals surface area (Å²) in [6, 6.07) is 1.61. The van der Waals surface area contributed by atoms with E-state index in [0.717, 1.165) is 12.8 Å². The van der Waals surface area contributed by atoms with Crippen LogP contribution in [0.15, 0.2) is 16.7 Å². The second-order valence-electron chi connectivity index (χ2n) is 4.41. The standard InChI is InChI=1S/C12H15BrN4O2/c13-8-5-9(10(14)17-6-8)12(19)16-4-3-15-11(18)7-1-2-7/h5-7H,1-4H2,(H2,14,17)(H,15,18)(H,16,19). The van der Waals surface area contributed by atoms with Gasteiger partial charge in [-0.25, -0.2) is 4.98 Å². The van der Waals surface area contributed by atoms with Crippen molar-refractivity contribution in [1.29, 1.82) is 0 Å². The minimum Gasteiger partial charge on any atom is -0.383 e. The van der Waals surface area contributed by atoms with E-state index in [9.17, 15) is 9.59 Å². The summed E-state index contributed by atoms with van der Waals surface area (Å²) < 4.78 is 0.689. The predicted molar refractivity (Wildman–Crippen MR) is 74.4 cm³/mol. The van der Waals surface area contributed by atoms with Gasteiger partial charge in [-0.1, -0.05) is 0 Å². The van der Waals surface area contributed by atoms with Crippen molar-refractivity contribution in [2.45, 2.75) is 12.8 Å². The number of halogens is 1. The molecular formula is C12H15BrN4O2. The number of rotatable bonds is 5. The van der Waals surface area contributed by atoms with E-state index in [-0.39, 0.29) is 23.6 Å². The Bertz CT molecular complexity index is 503. The van der Waals surface area contributed by atoms with Crippen LogP contribution in [-0.4, -0.2) is 29.9 Å². The van der Waals surface area contributed by atoms with Crippen molar-refractivity contribution in [3.63, 3.8) is 0 Å². The van der Waals surface area contributed by atoms with Crippen LogP contribution in [0.3, 0.4) is 0 Å². The largest absolute Gasteiger partial charge is 0.383 e. The fraction of sp³-hybridized carbons (Fsp3) is 0.417. The van der Waals surface area contributed by atoms with Crippen LogP contribution in [0.25, 0.3) is 0 Å². The Morgan fingerprint density at radius 1 is 1.37 bits per heavy atom. The predicted octanol–water partition coefficient (Wildman–Crippen LogP) is 0.682. The van der Waals surface area contributed by atoms with Crippen LogP contribution in [0.2, 0.25) is 0 Å². The molecule has 0 radical (unpaired) electrons. The first-order chi connectivity index (χ1) is 9.08. The van der Waals surface area contributed by atoms with Crippen molar-refractivity contribution < 1.29 is 9.59 Å². The van der Waals surface area contributed by atoms with Crippen LogP contribution in [0.1, 0.15) is 23.2 Å². The number of amides is 2. The fourth-order valence-corrected chi connectivity index (χ4v) is 1.91. The number of hydrogen-bond acceptors (Lipinski definition) is 4. The van der Waals surface area contributed by atoms with Crippen molar-refractivity contribution in [3.8, 4) is 0 Å². The fourth-order valence-electron chi connectivity index (χ4n) is 1.58. The summed E-state index contributed by atoms with van der Waals surface area (Å²) in [6.07, 6.45) is 3.47. The molecule has 2 rings (SSSR count). The summed E-state index contributed by atoms with van der Waals surface area (Å²) in [5.74, 6) is 0.133. The molecule has 19 heavy (non-hydrogen) atoms. The highest BCUT2D eigenvalue weighted by molar-refractivity contribution is 9.10. The molecule has 0 aromatic carbocycles. The molecule has 6 nitrogen and oxygen atoms in total. The SMILES string of the molecule is Nc1ncc(Br)cc1C(=O)NCCNC(=O)C1CC1. The molecule has 2 amide bonds. The third-order valence-corrected chi connectivity index (χ3v) is 3.22. The van der Waals surface area contributed by atoms with E-state index in [1.165, 1.54) is 6.20 Å². The van der Waals surface area contributed by atoms with Gasteiger partial charge in [-0.3, -0.25) is 9.59 Å². The zero-order chi connectivity index (χ0) is 13.8. The molecule has 1 aromatic rings. The Balaban J connectivity index is 1.77. The third kappa shape index (κ3) is 3.92. The zero-order valence-electron chi connectivity index (χ0n) is 10.3. The van der Waals surface area contributed by atoms with E-state index < -0.39 is 0 Å². The maximum atomic E-state index is 11.8. The van der Waals surface area contributed by atoms with Crippen molar-refractivity contribution in [3.05, 3.63) is 22.3 Å². The van der Waals surface area contributed by atoms with E-state index in [2.05, 4.69) is 31.5 Å². The average Bonchev–Trinajstić information content (AvgIpc) is 3.21. The van der Waals surface area contributed by atoms with Crippen molar-refractivity contribution in [2.24, 2.45) is 5.92 Å². The van der Waals surface area contributed by atoms with E-state index in [0.29, 0.717) is 23.1 Å². The van der Waals surface area contributed by atoms with Gasteiger partial charge >= 0.3 is 0 Å². The van der Waals surface area contributed by atoms with Gasteiger partial charge in [0.15, 0.2) is 0 Å². The van der Waals surface area contributed by atoms with Crippen LogP contribution in [0.4, 0.5) is 5.82 Å². The lowest BCUT2D eigenvalue weighted by Crippen LogP contribution is -2.35. The summed E-state index contributed by atoms with van der Waals surface area (Å²) in [5, 5.41) is 5.45. The second-order valence-corrected chi connectivity index (χ2v) is 5.32. The molecule has 1 aliphatic carbocycles. The van der Waals surface area contributed by atoms with Crippen LogP contribution in [-0.2, 0) is 4.79 Å². The molecule has 0 bridgehead atoms. The summed E-state index contributed by atoms with van der Waals surface area (Å²) >= 11 is 3.23. The van der Waals surface area contributed by atoms with E-state index in [1.807, 2.05) is 0 Å². The molecule has 0 spiro atoms. The number of carbonyl (C=O) groups excluding carboxylic acids is 2. The minimum absolute atomic E-state index is 0.0675. The number of aromatic nitrogens is 1. The van der Waals surface area contributed by atoms with Gasteiger partial charge < -0.3 is 16.4 Å². The van der Waals surface area contributed by atoms with Crippen molar-refractivity contribution in [1.82, 2.24) is 15.6 Å². The normalized spacial score (nSPS) is 13.9. The Morgan fingerprint density at radius 3 is 2.74 bits per heavy atom. The van der Waals surface area contributed by atoms with Gasteiger partial charge in [0.2, 0.25) is 5.91 Å². The highest BCUT2D eigenvalue weighted by Gasteiger charge is 2.28. The van der Waals surface area contributed by atoms with Gasteiger partial charge in [0.05, 0.1) is 5.56 Å². The van der Waals surface area contributed by atoms with Crippen molar-refractivity contribution >= 4 is 33.6 Å². The van der Waals surface area contributed by atoms with Gasteiger partial charge in [0, 0.05) is 29.7 Å². The third-order valence-electron chi connectivity index (χ3n) is 2.79. The van der Waals surface area contributed by atoms with Crippen LogP contribution < -0.4 is 16.4 Å².